The predicted molar refractivity (Wildman–Crippen MR) is 97.9 cm³/mol. The third-order valence-corrected chi connectivity index (χ3v) is 3.96. The minimum Gasteiger partial charge on any atom is -0.384 e. The summed E-state index contributed by atoms with van der Waals surface area (Å²) in [5, 5.41) is 2.64. The number of nitrogens with zero attached hydrogens (tertiary/aromatic N) is 3. The fraction of sp³-hybridized carbons (Fsp3) is 0.158. The molecule has 1 aromatic carbocycles. The minimum atomic E-state index is -0.137. The van der Waals surface area contributed by atoms with Gasteiger partial charge in [0.2, 0.25) is 0 Å². The zero-order chi connectivity index (χ0) is 17.8. The maximum Gasteiger partial charge on any atom is 0.251 e. The van der Waals surface area contributed by atoms with Gasteiger partial charge in [0.1, 0.15) is 12.1 Å². The van der Waals surface area contributed by atoms with Gasteiger partial charge in [0.15, 0.2) is 0 Å². The SMILES string of the molecule is CCc1ncnc(-c2cccc(C(=O)NC)c2)c1-c1ccc(N)nc1. The van der Waals surface area contributed by atoms with Crippen LogP contribution in [0.3, 0.4) is 0 Å². The number of rotatable bonds is 4. The van der Waals surface area contributed by atoms with Crippen molar-refractivity contribution < 1.29 is 4.79 Å². The molecule has 6 heteroatoms. The molecule has 0 atom stereocenters. The lowest BCUT2D eigenvalue weighted by atomic mass is 9.96. The molecule has 1 amide bonds. The minimum absolute atomic E-state index is 0.137. The highest BCUT2D eigenvalue weighted by Gasteiger charge is 2.15. The second-order valence-electron chi connectivity index (χ2n) is 5.53. The molecule has 0 radical (unpaired) electrons. The van der Waals surface area contributed by atoms with E-state index in [1.54, 1.807) is 31.7 Å². The molecule has 0 aliphatic heterocycles. The maximum absolute atomic E-state index is 11.9. The van der Waals surface area contributed by atoms with Crippen LogP contribution in [0.25, 0.3) is 22.4 Å². The quantitative estimate of drug-likeness (QED) is 0.765. The summed E-state index contributed by atoms with van der Waals surface area (Å²) in [5.74, 6) is 0.323. The van der Waals surface area contributed by atoms with Crippen LogP contribution in [0.2, 0.25) is 0 Å². The molecule has 0 bridgehead atoms. The van der Waals surface area contributed by atoms with Gasteiger partial charge in [0, 0.05) is 35.5 Å². The Kier molecular flexibility index (Phi) is 4.70. The van der Waals surface area contributed by atoms with Crippen molar-refractivity contribution in [2.24, 2.45) is 0 Å². The lowest BCUT2D eigenvalue weighted by molar-refractivity contribution is 0.0963. The largest absolute Gasteiger partial charge is 0.384 e. The Balaban J connectivity index is 2.20. The van der Waals surface area contributed by atoms with E-state index in [2.05, 4.69) is 20.3 Å². The number of nitrogens with one attached hydrogen (secondary N) is 1. The highest BCUT2D eigenvalue weighted by Crippen LogP contribution is 2.32. The summed E-state index contributed by atoms with van der Waals surface area (Å²) in [6.45, 7) is 2.04. The molecule has 3 aromatic rings. The first-order valence-corrected chi connectivity index (χ1v) is 8.02. The Labute approximate surface area is 146 Å². The number of carbonyl (C=O) groups is 1. The molecule has 6 nitrogen and oxygen atoms in total. The third-order valence-electron chi connectivity index (χ3n) is 3.96. The number of carbonyl (C=O) groups excluding carboxylic acids is 1. The van der Waals surface area contributed by atoms with E-state index in [9.17, 15) is 4.79 Å². The molecule has 0 saturated carbocycles. The second-order valence-corrected chi connectivity index (χ2v) is 5.53. The van der Waals surface area contributed by atoms with Gasteiger partial charge >= 0.3 is 0 Å². The highest BCUT2D eigenvalue weighted by atomic mass is 16.1. The Bertz CT molecular complexity index is 906. The lowest BCUT2D eigenvalue weighted by Crippen LogP contribution is -2.17. The molecule has 2 heterocycles. The third kappa shape index (κ3) is 3.33. The Morgan fingerprint density at radius 3 is 2.64 bits per heavy atom. The van der Waals surface area contributed by atoms with E-state index < -0.39 is 0 Å². The summed E-state index contributed by atoms with van der Waals surface area (Å²) in [5.41, 5.74) is 10.6. The average Bonchev–Trinajstić information content (AvgIpc) is 2.67. The van der Waals surface area contributed by atoms with Gasteiger partial charge in [0.05, 0.1) is 11.4 Å². The first kappa shape index (κ1) is 16.6. The summed E-state index contributed by atoms with van der Waals surface area (Å²) in [4.78, 5) is 25.0. The number of anilines is 1. The van der Waals surface area contributed by atoms with Crippen LogP contribution in [0.1, 0.15) is 23.0 Å². The maximum atomic E-state index is 11.9. The van der Waals surface area contributed by atoms with E-state index in [-0.39, 0.29) is 5.91 Å². The van der Waals surface area contributed by atoms with Crippen LogP contribution in [0, 0.1) is 0 Å². The Morgan fingerprint density at radius 2 is 1.96 bits per heavy atom. The predicted octanol–water partition coefficient (Wildman–Crippen LogP) is 2.71. The summed E-state index contributed by atoms with van der Waals surface area (Å²) in [6, 6.07) is 11.0. The molecule has 0 fully saturated rings. The van der Waals surface area contributed by atoms with Crippen molar-refractivity contribution in [1.29, 1.82) is 0 Å². The highest BCUT2D eigenvalue weighted by molar-refractivity contribution is 5.95. The van der Waals surface area contributed by atoms with Gasteiger partial charge in [-0.15, -0.1) is 0 Å². The summed E-state index contributed by atoms with van der Waals surface area (Å²) in [6.07, 6.45) is 4.03. The van der Waals surface area contributed by atoms with Crippen molar-refractivity contribution in [2.45, 2.75) is 13.3 Å². The van der Waals surface area contributed by atoms with Crippen LogP contribution in [-0.2, 0) is 6.42 Å². The summed E-state index contributed by atoms with van der Waals surface area (Å²) >= 11 is 0. The van der Waals surface area contributed by atoms with Crippen molar-refractivity contribution in [2.75, 3.05) is 12.8 Å². The molecule has 3 N–H and O–H groups in total. The van der Waals surface area contributed by atoms with Crippen molar-refractivity contribution in [1.82, 2.24) is 20.3 Å². The van der Waals surface area contributed by atoms with Crippen LogP contribution >= 0.6 is 0 Å². The molecule has 0 unspecified atom stereocenters. The topological polar surface area (TPSA) is 93.8 Å². The number of benzene rings is 1. The van der Waals surface area contributed by atoms with Crippen molar-refractivity contribution in [3.05, 3.63) is 60.2 Å². The van der Waals surface area contributed by atoms with Gasteiger partial charge in [-0.2, -0.15) is 0 Å². The van der Waals surface area contributed by atoms with Gasteiger partial charge in [0.25, 0.3) is 5.91 Å². The van der Waals surface area contributed by atoms with E-state index >= 15 is 0 Å². The fourth-order valence-electron chi connectivity index (χ4n) is 2.72. The Hall–Kier alpha value is -3.28. The number of pyridine rings is 1. The Morgan fingerprint density at radius 1 is 1.12 bits per heavy atom. The molecule has 126 valence electrons. The fourth-order valence-corrected chi connectivity index (χ4v) is 2.72. The second kappa shape index (κ2) is 7.09. The molecule has 25 heavy (non-hydrogen) atoms. The van der Waals surface area contributed by atoms with E-state index in [0.717, 1.165) is 34.5 Å². The van der Waals surface area contributed by atoms with Gasteiger partial charge < -0.3 is 11.1 Å². The van der Waals surface area contributed by atoms with Gasteiger partial charge in [-0.1, -0.05) is 19.1 Å². The van der Waals surface area contributed by atoms with Crippen LogP contribution in [-0.4, -0.2) is 27.9 Å². The molecule has 0 aliphatic carbocycles. The normalized spacial score (nSPS) is 10.5. The smallest absolute Gasteiger partial charge is 0.251 e. The molecular formula is C19H19N5O. The van der Waals surface area contributed by atoms with Crippen molar-refractivity contribution in [3.63, 3.8) is 0 Å². The van der Waals surface area contributed by atoms with Crippen LogP contribution in [0.4, 0.5) is 5.82 Å². The summed E-state index contributed by atoms with van der Waals surface area (Å²) < 4.78 is 0. The average molecular weight is 333 g/mol. The van der Waals surface area contributed by atoms with E-state index in [4.69, 9.17) is 5.73 Å². The first-order valence-electron chi connectivity index (χ1n) is 8.02. The van der Waals surface area contributed by atoms with Crippen LogP contribution in [0.5, 0.6) is 0 Å². The molecule has 0 spiro atoms. The summed E-state index contributed by atoms with van der Waals surface area (Å²) in [7, 11) is 1.61. The number of hydrogen-bond acceptors (Lipinski definition) is 5. The molecule has 2 aromatic heterocycles. The number of aryl methyl sites for hydroxylation is 1. The lowest BCUT2D eigenvalue weighted by Gasteiger charge is -2.13. The standard InChI is InChI=1S/C19H19N5O/c1-3-15-17(14-7-8-16(20)22-10-14)18(24-11-23-15)12-5-4-6-13(9-12)19(25)21-2/h4-11H,3H2,1-2H3,(H2,20,22)(H,21,25). The number of hydrogen-bond donors (Lipinski definition) is 2. The van der Waals surface area contributed by atoms with Gasteiger partial charge in [-0.05, 0) is 30.7 Å². The molecule has 3 rings (SSSR count). The molecular weight excluding hydrogens is 314 g/mol. The molecule has 0 saturated heterocycles. The first-order chi connectivity index (χ1) is 12.1. The number of nitrogen functional groups attached to an aromatic ring is 1. The zero-order valence-corrected chi connectivity index (χ0v) is 14.2. The van der Waals surface area contributed by atoms with Crippen LogP contribution < -0.4 is 11.1 Å². The van der Waals surface area contributed by atoms with E-state index in [1.165, 1.54) is 0 Å². The van der Waals surface area contributed by atoms with Crippen molar-refractivity contribution in [3.8, 4) is 22.4 Å². The van der Waals surface area contributed by atoms with Crippen molar-refractivity contribution >= 4 is 11.7 Å². The number of nitrogens with two attached hydrogens (primary N) is 1. The number of amides is 1. The van der Waals surface area contributed by atoms with Crippen LogP contribution in [0.15, 0.2) is 48.9 Å². The van der Waals surface area contributed by atoms with Gasteiger partial charge in [-0.25, -0.2) is 15.0 Å². The zero-order valence-electron chi connectivity index (χ0n) is 14.2. The number of aromatic nitrogens is 3. The van der Waals surface area contributed by atoms with Gasteiger partial charge in [-0.3, -0.25) is 4.79 Å². The molecule has 0 aliphatic rings. The monoisotopic (exact) mass is 333 g/mol. The van der Waals surface area contributed by atoms with E-state index in [1.807, 2.05) is 31.2 Å². The van der Waals surface area contributed by atoms with E-state index in [0.29, 0.717) is 11.4 Å².